The van der Waals surface area contributed by atoms with Crippen molar-refractivity contribution in [3.05, 3.63) is 67.0 Å². The van der Waals surface area contributed by atoms with Gasteiger partial charge in [-0.3, -0.25) is 19.9 Å². The third kappa shape index (κ3) is 4.31. The number of hydrogen-bond acceptors (Lipinski definition) is 7. The average molecular weight is 535 g/mol. The molecular weight excluding hydrogens is 511 g/mol. The van der Waals surface area contributed by atoms with E-state index in [4.69, 9.17) is 4.98 Å². The summed E-state index contributed by atoms with van der Waals surface area (Å²) in [5.41, 5.74) is 5.41. The molecule has 40 heavy (non-hydrogen) atoms. The van der Waals surface area contributed by atoms with Gasteiger partial charge in [-0.2, -0.15) is 5.10 Å². The molecule has 0 radical (unpaired) electrons. The zero-order valence-corrected chi connectivity index (χ0v) is 21.1. The molecule has 1 aliphatic rings. The normalized spacial score (nSPS) is 13.8. The first-order valence-corrected chi connectivity index (χ1v) is 13.0. The predicted octanol–water partition coefficient (Wildman–Crippen LogP) is 5.60. The number of aromatic amines is 2. The summed E-state index contributed by atoms with van der Waals surface area (Å²) < 4.78 is 14.0. The number of halogens is 1. The first-order valence-electron chi connectivity index (χ1n) is 13.0. The van der Waals surface area contributed by atoms with Gasteiger partial charge >= 0.3 is 0 Å². The fraction of sp³-hybridized carbons (Fsp3) is 0.172. The lowest BCUT2D eigenvalue weighted by atomic mass is 10.1. The van der Waals surface area contributed by atoms with Gasteiger partial charge in [-0.15, -0.1) is 0 Å². The van der Waals surface area contributed by atoms with Crippen molar-refractivity contribution < 1.29 is 14.3 Å². The molecule has 5 heterocycles. The van der Waals surface area contributed by atoms with Gasteiger partial charge in [0.15, 0.2) is 11.5 Å². The molecule has 1 amide bonds. The second-order valence-electron chi connectivity index (χ2n) is 9.97. The Morgan fingerprint density at radius 1 is 1.00 bits per heavy atom. The number of nitrogens with one attached hydrogen (secondary N) is 3. The van der Waals surface area contributed by atoms with Crippen LogP contribution in [-0.4, -0.2) is 46.1 Å². The molecule has 5 aromatic heterocycles. The monoisotopic (exact) mass is 534 g/mol. The molecule has 7 rings (SSSR count). The number of phenols is 1. The molecule has 1 aromatic carbocycles. The third-order valence-corrected chi connectivity index (χ3v) is 7.27. The minimum Gasteiger partial charge on any atom is -0.508 e. The van der Waals surface area contributed by atoms with Gasteiger partial charge in [0, 0.05) is 47.3 Å². The summed E-state index contributed by atoms with van der Waals surface area (Å²) >= 11 is 0. The zero-order chi connectivity index (χ0) is 27.2. The van der Waals surface area contributed by atoms with Gasteiger partial charge in [-0.25, -0.2) is 14.4 Å². The number of phenolic OH excluding ortho intramolecular Hbond substituents is 1. The number of aromatic nitrogens is 7. The molecule has 0 bridgehead atoms. The number of amides is 1. The summed E-state index contributed by atoms with van der Waals surface area (Å²) in [4.78, 5) is 33.9. The van der Waals surface area contributed by atoms with E-state index in [1.165, 1.54) is 12.1 Å². The quantitative estimate of drug-likeness (QED) is 0.225. The smallest absolute Gasteiger partial charge is 0.227 e. The summed E-state index contributed by atoms with van der Waals surface area (Å²) in [6.45, 7) is 0. The molecule has 1 saturated carbocycles. The Balaban J connectivity index is 1.25. The van der Waals surface area contributed by atoms with Gasteiger partial charge < -0.3 is 15.4 Å². The van der Waals surface area contributed by atoms with Crippen molar-refractivity contribution in [2.45, 2.75) is 25.7 Å². The van der Waals surface area contributed by atoms with Gasteiger partial charge in [0.25, 0.3) is 0 Å². The van der Waals surface area contributed by atoms with E-state index < -0.39 is 5.82 Å². The summed E-state index contributed by atoms with van der Waals surface area (Å²) in [5, 5.41) is 21.0. The molecule has 0 saturated heterocycles. The Labute approximate surface area is 226 Å². The number of aromatic hydroxyl groups is 1. The highest BCUT2D eigenvalue weighted by atomic mass is 19.1. The van der Waals surface area contributed by atoms with Crippen molar-refractivity contribution in [3.63, 3.8) is 0 Å². The fourth-order valence-electron chi connectivity index (χ4n) is 5.31. The Morgan fingerprint density at radius 3 is 2.70 bits per heavy atom. The second-order valence-corrected chi connectivity index (χ2v) is 9.97. The maximum atomic E-state index is 14.0. The SMILES string of the molecule is O=C(Nc1cncc(-c2cnc3n[nH]c(-c4nc5c(-c6cc(O)cc(F)c6)nccc5[nH]4)c3c2)c1)C1CCCC1. The molecule has 198 valence electrons. The van der Waals surface area contributed by atoms with Crippen LogP contribution in [0.2, 0.25) is 0 Å². The number of H-pyrrole nitrogens is 2. The maximum absolute atomic E-state index is 14.0. The number of pyridine rings is 3. The number of fused-ring (bicyclic) bond motifs is 2. The Morgan fingerprint density at radius 2 is 1.85 bits per heavy atom. The molecular formula is C29H23FN8O2. The molecule has 1 aliphatic carbocycles. The standard InChI is InChI=1S/C29H23FN8O2/c30-19-7-16(9-21(39)11-19)24-26-23(5-6-32-24)35-28(36-26)25-22-10-18(13-33-27(22)38-37-25)17-8-20(14-31-12-17)34-29(40)15-3-1-2-4-15/h5-15,39H,1-4H2,(H,34,40)(H,35,36)(H,33,37,38). The summed E-state index contributed by atoms with van der Waals surface area (Å²) in [7, 11) is 0. The van der Waals surface area contributed by atoms with Crippen LogP contribution in [0.1, 0.15) is 25.7 Å². The van der Waals surface area contributed by atoms with Crippen LogP contribution in [0, 0.1) is 11.7 Å². The van der Waals surface area contributed by atoms with E-state index in [9.17, 15) is 14.3 Å². The van der Waals surface area contributed by atoms with E-state index in [1.807, 2.05) is 12.1 Å². The summed E-state index contributed by atoms with van der Waals surface area (Å²) in [6.07, 6.45) is 10.7. The van der Waals surface area contributed by atoms with Gasteiger partial charge in [0.05, 0.1) is 28.5 Å². The van der Waals surface area contributed by atoms with Crippen LogP contribution in [0.15, 0.2) is 61.2 Å². The van der Waals surface area contributed by atoms with Gasteiger partial charge in [0.2, 0.25) is 5.91 Å². The lowest BCUT2D eigenvalue weighted by molar-refractivity contribution is -0.119. The van der Waals surface area contributed by atoms with Crippen LogP contribution in [0.3, 0.4) is 0 Å². The zero-order valence-electron chi connectivity index (χ0n) is 21.1. The highest BCUT2D eigenvalue weighted by Crippen LogP contribution is 2.33. The van der Waals surface area contributed by atoms with Crippen LogP contribution in [0.4, 0.5) is 10.1 Å². The van der Waals surface area contributed by atoms with Crippen molar-refractivity contribution in [3.8, 4) is 39.7 Å². The van der Waals surface area contributed by atoms with E-state index >= 15 is 0 Å². The van der Waals surface area contributed by atoms with Crippen LogP contribution < -0.4 is 5.32 Å². The van der Waals surface area contributed by atoms with Crippen molar-refractivity contribution in [2.24, 2.45) is 5.92 Å². The lowest BCUT2D eigenvalue weighted by Gasteiger charge is -2.11. The first kappa shape index (κ1) is 23.9. The minimum absolute atomic E-state index is 0.0364. The number of carbonyl (C=O) groups excluding carboxylic acids is 1. The summed E-state index contributed by atoms with van der Waals surface area (Å²) in [6, 6.07) is 9.38. The molecule has 11 heteroatoms. The number of benzene rings is 1. The van der Waals surface area contributed by atoms with Crippen LogP contribution in [0.25, 0.3) is 56.0 Å². The molecule has 0 unspecified atom stereocenters. The largest absolute Gasteiger partial charge is 0.508 e. The number of rotatable bonds is 5. The van der Waals surface area contributed by atoms with Crippen molar-refractivity contribution >= 4 is 33.7 Å². The van der Waals surface area contributed by atoms with E-state index in [2.05, 4.69) is 35.5 Å². The Hall–Kier alpha value is -5.19. The van der Waals surface area contributed by atoms with Crippen molar-refractivity contribution in [1.82, 2.24) is 35.1 Å². The second kappa shape index (κ2) is 9.53. The lowest BCUT2D eigenvalue weighted by Crippen LogP contribution is -2.20. The molecule has 10 nitrogen and oxygen atoms in total. The number of nitrogens with zero attached hydrogens (tertiary/aromatic N) is 5. The summed E-state index contributed by atoms with van der Waals surface area (Å²) in [5.74, 6) is -0.170. The van der Waals surface area contributed by atoms with Gasteiger partial charge in [-0.1, -0.05) is 12.8 Å². The first-order chi connectivity index (χ1) is 19.5. The molecule has 0 atom stereocenters. The van der Waals surface area contributed by atoms with Gasteiger partial charge in [0.1, 0.15) is 22.8 Å². The number of anilines is 1. The highest BCUT2D eigenvalue weighted by molar-refractivity contribution is 5.97. The molecule has 0 spiro atoms. The van der Waals surface area contributed by atoms with Crippen molar-refractivity contribution in [2.75, 3.05) is 5.32 Å². The Kier molecular flexibility index (Phi) is 5.69. The topological polar surface area (TPSA) is 145 Å². The van der Waals surface area contributed by atoms with E-state index in [0.717, 1.165) is 48.3 Å². The fourth-order valence-corrected chi connectivity index (χ4v) is 5.31. The van der Waals surface area contributed by atoms with E-state index in [1.54, 1.807) is 30.9 Å². The molecule has 0 aliphatic heterocycles. The van der Waals surface area contributed by atoms with Crippen LogP contribution in [0.5, 0.6) is 5.75 Å². The molecule has 6 aromatic rings. The molecule has 4 N–H and O–H groups in total. The van der Waals surface area contributed by atoms with Gasteiger partial charge in [-0.05, 0) is 43.2 Å². The third-order valence-electron chi connectivity index (χ3n) is 7.27. The number of carbonyl (C=O) groups is 1. The maximum Gasteiger partial charge on any atom is 0.227 e. The number of imidazole rings is 1. The van der Waals surface area contributed by atoms with E-state index in [-0.39, 0.29) is 17.6 Å². The minimum atomic E-state index is -0.570. The van der Waals surface area contributed by atoms with Crippen LogP contribution in [-0.2, 0) is 4.79 Å². The Bertz CT molecular complexity index is 1890. The number of hydrogen-bond donors (Lipinski definition) is 4. The van der Waals surface area contributed by atoms with Crippen molar-refractivity contribution in [1.29, 1.82) is 0 Å². The van der Waals surface area contributed by atoms with E-state index in [0.29, 0.717) is 45.1 Å². The highest BCUT2D eigenvalue weighted by Gasteiger charge is 2.23. The van der Waals surface area contributed by atoms with Crippen LogP contribution >= 0.6 is 0 Å². The molecule has 1 fully saturated rings. The average Bonchev–Trinajstić information content (AvgIpc) is 3.71. The predicted molar refractivity (Wildman–Crippen MR) is 148 cm³/mol.